The Hall–Kier alpha value is -2.96. The van der Waals surface area contributed by atoms with E-state index in [9.17, 15) is 9.90 Å². The van der Waals surface area contributed by atoms with Crippen LogP contribution in [-0.2, 0) is 0 Å². The summed E-state index contributed by atoms with van der Waals surface area (Å²) in [5.74, 6) is -1.02. The molecule has 0 aliphatic heterocycles. The van der Waals surface area contributed by atoms with Crippen molar-refractivity contribution in [3.8, 4) is 26.8 Å². The van der Waals surface area contributed by atoms with Crippen LogP contribution in [0.3, 0.4) is 0 Å². The van der Waals surface area contributed by atoms with Crippen molar-refractivity contribution in [1.29, 1.82) is 0 Å². The molecule has 27 heavy (non-hydrogen) atoms. The smallest absolute Gasteiger partial charge is 0.339 e. The van der Waals surface area contributed by atoms with Gasteiger partial charge in [-0.2, -0.15) is 5.10 Å². The van der Waals surface area contributed by atoms with Crippen molar-refractivity contribution in [2.75, 3.05) is 0 Å². The average Bonchev–Trinajstić information content (AvgIpc) is 3.27. The molecule has 0 saturated heterocycles. The van der Waals surface area contributed by atoms with Crippen LogP contribution in [0.1, 0.15) is 16.1 Å². The third kappa shape index (κ3) is 3.37. The van der Waals surface area contributed by atoms with E-state index >= 15 is 0 Å². The SMILES string of the molecule is Cc1nc(-c2ccc(Cl)cc2)sc1-c1nn(-c2ccccc2)cc1C(=O)O. The topological polar surface area (TPSA) is 68.0 Å². The Balaban J connectivity index is 1.82. The normalized spacial score (nSPS) is 10.9. The lowest BCUT2D eigenvalue weighted by molar-refractivity contribution is 0.0697. The lowest BCUT2D eigenvalue weighted by atomic mass is 10.2. The van der Waals surface area contributed by atoms with Crippen molar-refractivity contribution in [3.05, 3.63) is 77.1 Å². The van der Waals surface area contributed by atoms with Crippen LogP contribution in [-0.4, -0.2) is 25.8 Å². The third-order valence-electron chi connectivity index (χ3n) is 4.07. The number of benzene rings is 2. The number of carbonyl (C=O) groups is 1. The fourth-order valence-corrected chi connectivity index (χ4v) is 3.94. The van der Waals surface area contributed by atoms with Crippen molar-refractivity contribution in [2.45, 2.75) is 6.92 Å². The van der Waals surface area contributed by atoms with Gasteiger partial charge in [0.25, 0.3) is 0 Å². The fourth-order valence-electron chi connectivity index (χ4n) is 2.74. The van der Waals surface area contributed by atoms with E-state index in [1.54, 1.807) is 16.8 Å². The van der Waals surface area contributed by atoms with Crippen LogP contribution >= 0.6 is 22.9 Å². The maximum absolute atomic E-state index is 11.8. The van der Waals surface area contributed by atoms with Crippen LogP contribution in [0.15, 0.2) is 60.8 Å². The summed E-state index contributed by atoms with van der Waals surface area (Å²) in [5.41, 5.74) is 3.03. The molecule has 0 bridgehead atoms. The number of thiazole rings is 1. The molecule has 0 spiro atoms. The summed E-state index contributed by atoms with van der Waals surface area (Å²) in [6.45, 7) is 1.86. The zero-order valence-electron chi connectivity index (χ0n) is 14.3. The second-order valence-corrected chi connectivity index (χ2v) is 7.35. The van der Waals surface area contributed by atoms with Gasteiger partial charge in [-0.1, -0.05) is 41.9 Å². The van der Waals surface area contributed by atoms with Crippen LogP contribution in [0, 0.1) is 6.92 Å². The lowest BCUT2D eigenvalue weighted by Crippen LogP contribution is -1.96. The van der Waals surface area contributed by atoms with Crippen LogP contribution in [0.5, 0.6) is 0 Å². The maximum atomic E-state index is 11.8. The molecule has 0 atom stereocenters. The van der Waals surface area contributed by atoms with Gasteiger partial charge in [0, 0.05) is 16.8 Å². The van der Waals surface area contributed by atoms with E-state index in [4.69, 9.17) is 11.6 Å². The molecule has 0 fully saturated rings. The number of para-hydroxylation sites is 1. The third-order valence-corrected chi connectivity index (χ3v) is 5.53. The molecular weight excluding hydrogens is 382 g/mol. The Morgan fingerprint density at radius 1 is 1.11 bits per heavy atom. The number of carboxylic acids is 1. The number of hydrogen-bond donors (Lipinski definition) is 1. The number of hydrogen-bond acceptors (Lipinski definition) is 4. The maximum Gasteiger partial charge on any atom is 0.339 e. The van der Waals surface area contributed by atoms with E-state index in [1.807, 2.05) is 49.4 Å². The Kier molecular flexibility index (Phi) is 4.51. The Labute approximate surface area is 164 Å². The van der Waals surface area contributed by atoms with E-state index in [1.165, 1.54) is 17.5 Å². The van der Waals surface area contributed by atoms with Gasteiger partial charge in [-0.3, -0.25) is 0 Å². The van der Waals surface area contributed by atoms with Crippen LogP contribution in [0.4, 0.5) is 0 Å². The van der Waals surface area contributed by atoms with Crippen molar-refractivity contribution in [3.63, 3.8) is 0 Å². The predicted molar refractivity (Wildman–Crippen MR) is 107 cm³/mol. The number of aryl methyl sites for hydroxylation is 1. The first kappa shape index (κ1) is 17.5. The summed E-state index contributed by atoms with van der Waals surface area (Å²) >= 11 is 7.37. The molecule has 2 aromatic heterocycles. The first-order chi connectivity index (χ1) is 13.0. The number of carboxylic acid groups (broad SMARTS) is 1. The number of halogens is 1. The molecule has 0 amide bonds. The highest BCUT2D eigenvalue weighted by molar-refractivity contribution is 7.18. The minimum absolute atomic E-state index is 0.147. The van der Waals surface area contributed by atoms with Crippen molar-refractivity contribution >= 4 is 28.9 Å². The van der Waals surface area contributed by atoms with Crippen LogP contribution in [0.2, 0.25) is 5.02 Å². The molecule has 4 aromatic rings. The lowest BCUT2D eigenvalue weighted by Gasteiger charge is -1.99. The molecule has 0 unspecified atom stereocenters. The number of rotatable bonds is 4. The molecular formula is C20H14ClN3O2S. The fraction of sp³-hybridized carbons (Fsp3) is 0.0500. The molecule has 5 nitrogen and oxygen atoms in total. The van der Waals surface area contributed by atoms with E-state index in [2.05, 4.69) is 10.1 Å². The molecule has 0 radical (unpaired) electrons. The Morgan fingerprint density at radius 2 is 1.81 bits per heavy atom. The zero-order valence-corrected chi connectivity index (χ0v) is 15.8. The quantitative estimate of drug-likeness (QED) is 0.507. The van der Waals surface area contributed by atoms with Gasteiger partial charge in [-0.15, -0.1) is 11.3 Å². The summed E-state index contributed by atoms with van der Waals surface area (Å²) < 4.78 is 1.58. The molecule has 0 aliphatic rings. The Morgan fingerprint density at radius 3 is 2.48 bits per heavy atom. The molecule has 1 N–H and O–H groups in total. The monoisotopic (exact) mass is 395 g/mol. The highest BCUT2D eigenvalue weighted by Crippen LogP contribution is 2.36. The molecule has 0 saturated carbocycles. The molecule has 7 heteroatoms. The second kappa shape index (κ2) is 6.98. The summed E-state index contributed by atoms with van der Waals surface area (Å²) in [4.78, 5) is 17.1. The summed E-state index contributed by atoms with van der Waals surface area (Å²) in [7, 11) is 0. The van der Waals surface area contributed by atoms with Crippen molar-refractivity contribution < 1.29 is 9.90 Å². The summed E-state index contributed by atoms with van der Waals surface area (Å²) in [6.07, 6.45) is 1.54. The Bertz CT molecular complexity index is 1120. The second-order valence-electron chi connectivity index (χ2n) is 5.92. The van der Waals surface area contributed by atoms with E-state index in [0.29, 0.717) is 10.7 Å². The van der Waals surface area contributed by atoms with Crippen molar-refractivity contribution in [1.82, 2.24) is 14.8 Å². The number of aromatic nitrogens is 3. The molecule has 0 aliphatic carbocycles. The van der Waals surface area contributed by atoms with Gasteiger partial charge in [0.15, 0.2) is 0 Å². The number of nitrogens with zero attached hydrogens (tertiary/aromatic N) is 3. The highest BCUT2D eigenvalue weighted by Gasteiger charge is 2.22. The summed E-state index contributed by atoms with van der Waals surface area (Å²) in [6, 6.07) is 16.8. The first-order valence-electron chi connectivity index (χ1n) is 8.15. The van der Waals surface area contributed by atoms with E-state index < -0.39 is 5.97 Å². The van der Waals surface area contributed by atoms with Crippen LogP contribution in [0.25, 0.3) is 26.8 Å². The number of aromatic carboxylic acids is 1. The van der Waals surface area contributed by atoms with Crippen LogP contribution < -0.4 is 0 Å². The van der Waals surface area contributed by atoms with Gasteiger partial charge < -0.3 is 5.11 Å². The van der Waals surface area contributed by atoms with Gasteiger partial charge >= 0.3 is 5.97 Å². The van der Waals surface area contributed by atoms with E-state index in [-0.39, 0.29) is 5.56 Å². The van der Waals surface area contributed by atoms with Gasteiger partial charge in [0.05, 0.1) is 16.3 Å². The minimum atomic E-state index is -1.02. The molecule has 134 valence electrons. The highest BCUT2D eigenvalue weighted by atomic mass is 35.5. The average molecular weight is 396 g/mol. The van der Waals surface area contributed by atoms with Gasteiger partial charge in [0.2, 0.25) is 0 Å². The van der Waals surface area contributed by atoms with Gasteiger partial charge in [0.1, 0.15) is 16.3 Å². The predicted octanol–water partition coefficient (Wildman–Crippen LogP) is 5.32. The first-order valence-corrected chi connectivity index (χ1v) is 9.34. The van der Waals surface area contributed by atoms with Gasteiger partial charge in [-0.05, 0) is 31.2 Å². The molecule has 4 rings (SSSR count). The summed E-state index contributed by atoms with van der Waals surface area (Å²) in [5, 5.41) is 15.6. The molecule has 2 heterocycles. The standard InChI is InChI=1S/C20H14ClN3O2S/c1-12-18(27-19(22-12)13-7-9-14(21)10-8-13)17-16(20(25)26)11-24(23-17)15-5-3-2-4-6-15/h2-11H,1H3,(H,25,26). The minimum Gasteiger partial charge on any atom is -0.478 e. The molecule has 2 aromatic carbocycles. The van der Waals surface area contributed by atoms with E-state index in [0.717, 1.165) is 26.8 Å². The zero-order chi connectivity index (χ0) is 19.0. The van der Waals surface area contributed by atoms with Crippen molar-refractivity contribution in [2.24, 2.45) is 0 Å². The largest absolute Gasteiger partial charge is 0.478 e. The van der Waals surface area contributed by atoms with Gasteiger partial charge in [-0.25, -0.2) is 14.5 Å².